The molecule has 3 heteroatoms. The van der Waals surface area contributed by atoms with E-state index < -0.39 is 0 Å². The summed E-state index contributed by atoms with van der Waals surface area (Å²) in [6.45, 7) is 4.68. The first-order chi connectivity index (χ1) is 27.0. The summed E-state index contributed by atoms with van der Waals surface area (Å²) in [5.74, 6) is 0. The van der Waals surface area contributed by atoms with Crippen molar-refractivity contribution in [2.75, 3.05) is 0 Å². The molecule has 258 valence electrons. The quantitative estimate of drug-likeness (QED) is 0.130. The van der Waals surface area contributed by atoms with Gasteiger partial charge in [0.05, 0.1) is 22.1 Å². The second kappa shape index (κ2) is 10.8. The number of para-hydroxylation sites is 3. The van der Waals surface area contributed by atoms with Gasteiger partial charge in [-0.3, -0.25) is 4.79 Å². The fraction of sp³-hybridized carbons (Fsp3) is 0.0577. The Morgan fingerprint density at radius 1 is 0.345 bits per heavy atom. The van der Waals surface area contributed by atoms with E-state index in [4.69, 9.17) is 0 Å². The molecule has 0 spiro atoms. The minimum Gasteiger partial charge on any atom is -0.309 e. The Morgan fingerprint density at radius 2 is 0.745 bits per heavy atom. The van der Waals surface area contributed by atoms with Crippen LogP contribution in [0.2, 0.25) is 0 Å². The van der Waals surface area contributed by atoms with Gasteiger partial charge in [0, 0.05) is 38.3 Å². The third-order valence-corrected chi connectivity index (χ3v) is 12.5. The van der Waals surface area contributed by atoms with Gasteiger partial charge in [-0.15, -0.1) is 0 Å². The fourth-order valence-corrected chi connectivity index (χ4v) is 9.92. The third kappa shape index (κ3) is 4.02. The topological polar surface area (TPSA) is 26.9 Å². The van der Waals surface area contributed by atoms with Crippen molar-refractivity contribution in [1.29, 1.82) is 0 Å². The maximum Gasteiger partial charge on any atom is 0.197 e. The minimum absolute atomic E-state index is 0.0618. The summed E-state index contributed by atoms with van der Waals surface area (Å²) in [7, 11) is 0. The van der Waals surface area contributed by atoms with Gasteiger partial charge >= 0.3 is 0 Å². The molecule has 3 nitrogen and oxygen atoms in total. The van der Waals surface area contributed by atoms with Gasteiger partial charge in [-0.25, -0.2) is 0 Å². The highest BCUT2D eigenvalue weighted by Crippen LogP contribution is 2.52. The minimum atomic E-state index is -0.295. The van der Waals surface area contributed by atoms with Crippen LogP contribution >= 0.6 is 0 Å². The van der Waals surface area contributed by atoms with E-state index in [0.29, 0.717) is 5.39 Å². The fourth-order valence-electron chi connectivity index (χ4n) is 9.92. The normalized spacial score (nSPS) is 13.5. The van der Waals surface area contributed by atoms with Gasteiger partial charge in [0.2, 0.25) is 0 Å². The molecule has 0 atom stereocenters. The summed E-state index contributed by atoms with van der Waals surface area (Å²) < 4.78 is 4.66. The predicted molar refractivity (Wildman–Crippen MR) is 231 cm³/mol. The lowest BCUT2D eigenvalue weighted by molar-refractivity contribution is 0.662. The highest BCUT2D eigenvalue weighted by atomic mass is 16.1. The highest BCUT2D eigenvalue weighted by molar-refractivity contribution is 6.26. The second-order valence-corrected chi connectivity index (χ2v) is 15.6. The molecule has 1 aliphatic rings. The monoisotopic (exact) mass is 702 g/mol. The molecule has 0 fully saturated rings. The number of rotatable bonds is 2. The molecule has 12 rings (SSSR count). The molecule has 2 aromatic heterocycles. The third-order valence-electron chi connectivity index (χ3n) is 12.5. The van der Waals surface area contributed by atoms with Crippen molar-refractivity contribution in [3.63, 3.8) is 0 Å². The zero-order valence-corrected chi connectivity index (χ0v) is 30.5. The van der Waals surface area contributed by atoms with Crippen molar-refractivity contribution < 1.29 is 0 Å². The molecule has 0 saturated heterocycles. The molecule has 11 aromatic rings. The van der Waals surface area contributed by atoms with Crippen LogP contribution in [0.15, 0.2) is 175 Å². The molecule has 55 heavy (non-hydrogen) atoms. The van der Waals surface area contributed by atoms with Crippen molar-refractivity contribution in [2.24, 2.45) is 0 Å². The van der Waals surface area contributed by atoms with Crippen LogP contribution in [0.4, 0.5) is 0 Å². The Morgan fingerprint density at radius 3 is 1.31 bits per heavy atom. The molecule has 0 saturated carbocycles. The van der Waals surface area contributed by atoms with Gasteiger partial charge in [0.1, 0.15) is 0 Å². The molecule has 0 bridgehead atoms. The number of hydrogen-bond acceptors (Lipinski definition) is 1. The van der Waals surface area contributed by atoms with E-state index in [1.807, 2.05) is 18.2 Å². The average Bonchev–Trinajstić information content (AvgIpc) is 3.68. The Bertz CT molecular complexity index is 3490. The molecule has 9 aromatic carbocycles. The first kappa shape index (κ1) is 30.5. The molecule has 0 radical (unpaired) electrons. The zero-order chi connectivity index (χ0) is 36.6. The van der Waals surface area contributed by atoms with Gasteiger partial charge < -0.3 is 9.13 Å². The van der Waals surface area contributed by atoms with E-state index in [-0.39, 0.29) is 10.8 Å². The van der Waals surface area contributed by atoms with Crippen molar-refractivity contribution >= 4 is 75.9 Å². The number of nitrogens with zero attached hydrogens (tertiary/aromatic N) is 2. The van der Waals surface area contributed by atoms with Crippen LogP contribution in [-0.4, -0.2) is 9.13 Å². The molecule has 0 aliphatic heterocycles. The lowest BCUT2D eigenvalue weighted by Gasteiger charge is -2.24. The van der Waals surface area contributed by atoms with E-state index in [1.54, 1.807) is 0 Å². The van der Waals surface area contributed by atoms with Crippen molar-refractivity contribution in [1.82, 2.24) is 9.13 Å². The standard InChI is InChI=1S/C52H34N2O/c1-52(2)45-29-41-36-19-6-4-17-34(36)33-16-3-5-18-35(33)40(41)27-42(45)43-28-44-50(30-46(43)52)54(49-25-12-9-22-39(49)51(44)55)32-15-13-14-31(26-32)53-47-23-10-7-20-37(47)38-21-8-11-24-48(38)53/h3-30H,1-2H3. The molecular formula is C52H34N2O. The lowest BCUT2D eigenvalue weighted by atomic mass is 9.81. The van der Waals surface area contributed by atoms with Crippen molar-refractivity contribution in [3.8, 4) is 22.5 Å². The van der Waals surface area contributed by atoms with Crippen molar-refractivity contribution in [3.05, 3.63) is 191 Å². The Hall–Kier alpha value is -6.97. The Balaban J connectivity index is 1.15. The summed E-state index contributed by atoms with van der Waals surface area (Å²) in [6.07, 6.45) is 0. The molecule has 0 amide bonds. The van der Waals surface area contributed by atoms with E-state index in [9.17, 15) is 4.79 Å². The summed E-state index contributed by atoms with van der Waals surface area (Å²) in [5.41, 5.74) is 10.9. The van der Waals surface area contributed by atoms with Crippen LogP contribution in [0.25, 0.3) is 98.4 Å². The van der Waals surface area contributed by atoms with E-state index >= 15 is 0 Å². The van der Waals surface area contributed by atoms with Crippen LogP contribution in [0, 0.1) is 0 Å². The van der Waals surface area contributed by atoms with Gasteiger partial charge in [-0.1, -0.05) is 117 Å². The molecule has 0 unspecified atom stereocenters. The molecular weight excluding hydrogens is 669 g/mol. The Labute approximate surface area is 316 Å². The van der Waals surface area contributed by atoms with Crippen LogP contribution in [-0.2, 0) is 5.41 Å². The van der Waals surface area contributed by atoms with Crippen molar-refractivity contribution in [2.45, 2.75) is 19.3 Å². The highest BCUT2D eigenvalue weighted by Gasteiger charge is 2.37. The largest absolute Gasteiger partial charge is 0.309 e. The van der Waals surface area contributed by atoms with Gasteiger partial charge in [0.25, 0.3) is 0 Å². The van der Waals surface area contributed by atoms with E-state index in [1.165, 1.54) is 70.8 Å². The van der Waals surface area contributed by atoms with E-state index in [2.05, 4.69) is 175 Å². The predicted octanol–water partition coefficient (Wildman–Crippen LogP) is 13.0. The zero-order valence-electron chi connectivity index (χ0n) is 30.5. The number of fused-ring (bicyclic) bond motifs is 14. The molecule has 2 heterocycles. The lowest BCUT2D eigenvalue weighted by Crippen LogP contribution is -2.16. The maximum atomic E-state index is 14.6. The van der Waals surface area contributed by atoms with Crippen LogP contribution in [0.3, 0.4) is 0 Å². The van der Waals surface area contributed by atoms with Crippen LogP contribution < -0.4 is 5.43 Å². The molecule has 1 aliphatic carbocycles. The summed E-state index contributed by atoms with van der Waals surface area (Å²) in [4.78, 5) is 14.6. The maximum absolute atomic E-state index is 14.6. The first-order valence-electron chi connectivity index (χ1n) is 19.1. The SMILES string of the molecule is CC1(C)c2cc3c4ccccc4c4ccccc4c3cc2-c2cc3c(=O)c4ccccc4n(-c4cccc(-n5c6ccccc6c6ccccc65)c4)c3cc21. The van der Waals surface area contributed by atoms with Crippen LogP contribution in [0.5, 0.6) is 0 Å². The van der Waals surface area contributed by atoms with Crippen LogP contribution in [0.1, 0.15) is 25.0 Å². The number of aromatic nitrogens is 2. The average molecular weight is 703 g/mol. The smallest absolute Gasteiger partial charge is 0.197 e. The number of benzene rings is 9. The summed E-state index contributed by atoms with van der Waals surface area (Å²) in [6, 6.07) is 60.9. The summed E-state index contributed by atoms with van der Waals surface area (Å²) in [5, 5.41) is 11.5. The van der Waals surface area contributed by atoms with Gasteiger partial charge in [0.15, 0.2) is 5.43 Å². The van der Waals surface area contributed by atoms with E-state index in [0.717, 1.165) is 33.4 Å². The number of pyridine rings is 1. The Kier molecular flexibility index (Phi) is 5.99. The van der Waals surface area contributed by atoms with Gasteiger partial charge in [-0.2, -0.15) is 0 Å². The number of hydrogen-bond donors (Lipinski definition) is 0. The second-order valence-electron chi connectivity index (χ2n) is 15.6. The summed E-state index contributed by atoms with van der Waals surface area (Å²) >= 11 is 0. The van der Waals surface area contributed by atoms with Gasteiger partial charge in [-0.05, 0) is 121 Å². The molecule has 0 N–H and O–H groups in total. The first-order valence-corrected chi connectivity index (χ1v) is 19.1.